The van der Waals surface area contributed by atoms with Crippen molar-refractivity contribution in [1.82, 2.24) is 9.78 Å². The van der Waals surface area contributed by atoms with Crippen molar-refractivity contribution in [3.05, 3.63) is 46.2 Å². The number of ether oxygens (including phenoxy) is 2. The van der Waals surface area contributed by atoms with Crippen LogP contribution < -0.4 is 21.0 Å². The summed E-state index contributed by atoms with van der Waals surface area (Å²) in [6.07, 6.45) is 8.21. The molecule has 4 N–H and O–H groups in total. The predicted octanol–water partition coefficient (Wildman–Crippen LogP) is -0.244. The van der Waals surface area contributed by atoms with Gasteiger partial charge >= 0.3 is 11.9 Å². The highest BCUT2D eigenvalue weighted by Gasteiger charge is 2.23. The van der Waals surface area contributed by atoms with Crippen molar-refractivity contribution in [3.63, 3.8) is 0 Å². The zero-order chi connectivity index (χ0) is 20.8. The maximum atomic E-state index is 9.55. The molecule has 0 saturated heterocycles. The monoisotopic (exact) mass is 389 g/mol. The quantitative estimate of drug-likeness (QED) is 0.567. The molecule has 1 atom stereocenters. The fourth-order valence-electron chi connectivity index (χ4n) is 2.92. The molecule has 2 aliphatic carbocycles. The standard InChI is InChI=1S/C15H19N3O2.C4H4O4/c1-9(16)8-18-12-7-11-10(5-4-6-13(11)19-2)14(12)15(17-18)20-3;5-3(6)1-2-4(7)8/h4,6-7,9H,5,8,16H2,1-3H3;1-2H,(H,5,6)(H,7,8). The van der Waals surface area contributed by atoms with E-state index in [1.807, 2.05) is 17.7 Å². The van der Waals surface area contributed by atoms with Crippen LogP contribution in [0.1, 0.15) is 13.3 Å². The summed E-state index contributed by atoms with van der Waals surface area (Å²) < 4.78 is 12.8. The van der Waals surface area contributed by atoms with Crippen molar-refractivity contribution >= 4 is 23.6 Å². The number of rotatable bonds is 6. The first-order chi connectivity index (χ1) is 13.3. The van der Waals surface area contributed by atoms with E-state index in [1.54, 1.807) is 14.2 Å². The summed E-state index contributed by atoms with van der Waals surface area (Å²) in [5, 5.41) is 22.3. The number of aliphatic carboxylic acids is 2. The van der Waals surface area contributed by atoms with Gasteiger partial charge in [0.05, 0.1) is 31.3 Å². The maximum Gasteiger partial charge on any atom is 0.328 e. The molecule has 0 saturated carbocycles. The second-order valence-electron chi connectivity index (χ2n) is 6.15. The minimum absolute atomic E-state index is 0.0405. The lowest BCUT2D eigenvalue weighted by Crippen LogP contribution is -2.33. The summed E-state index contributed by atoms with van der Waals surface area (Å²) in [6, 6.07) is 0.0405. The number of hydrogen-bond donors (Lipinski definition) is 3. The number of nitrogens with zero attached hydrogens (tertiary/aromatic N) is 2. The largest absolute Gasteiger partial charge is 0.496 e. The highest BCUT2D eigenvalue weighted by molar-refractivity contribution is 5.89. The number of nitrogens with two attached hydrogens (primary N) is 1. The van der Waals surface area contributed by atoms with E-state index in [0.29, 0.717) is 24.6 Å². The average molecular weight is 389 g/mol. The lowest BCUT2D eigenvalue weighted by molar-refractivity contribution is -0.134. The molecule has 0 aromatic carbocycles. The zero-order valence-electron chi connectivity index (χ0n) is 15.9. The number of hydrogen-bond acceptors (Lipinski definition) is 6. The molecule has 3 rings (SSSR count). The SMILES string of the molecule is COC1=C2C=c3c(c(OC)nn3CC(C)N)=C2CC=C1.O=C(O)C=CC(=O)O. The Hall–Kier alpha value is -3.33. The third kappa shape index (κ3) is 4.68. The van der Waals surface area contributed by atoms with Gasteiger partial charge in [0.2, 0.25) is 5.88 Å². The van der Waals surface area contributed by atoms with E-state index in [-0.39, 0.29) is 6.04 Å². The molecule has 0 fully saturated rings. The number of aromatic nitrogens is 2. The molecule has 0 radical (unpaired) electrons. The Bertz CT molecular complexity index is 966. The van der Waals surface area contributed by atoms with Gasteiger partial charge in [-0.2, -0.15) is 0 Å². The summed E-state index contributed by atoms with van der Waals surface area (Å²) in [5.41, 5.74) is 8.24. The molecule has 1 aromatic heterocycles. The lowest BCUT2D eigenvalue weighted by atomic mass is 9.99. The van der Waals surface area contributed by atoms with E-state index in [9.17, 15) is 9.59 Å². The molecule has 0 amide bonds. The Morgan fingerprint density at radius 3 is 2.43 bits per heavy atom. The van der Waals surface area contributed by atoms with Crippen LogP contribution in [-0.2, 0) is 20.9 Å². The van der Waals surface area contributed by atoms with Gasteiger partial charge in [0.25, 0.3) is 0 Å². The Kier molecular flexibility index (Phi) is 6.78. The first kappa shape index (κ1) is 21.0. The highest BCUT2D eigenvalue weighted by Crippen LogP contribution is 2.29. The molecule has 9 heteroatoms. The number of allylic oxidation sites excluding steroid dienone is 3. The number of methoxy groups -OCH3 is 2. The van der Waals surface area contributed by atoms with Crippen molar-refractivity contribution in [2.24, 2.45) is 5.73 Å². The molecule has 9 nitrogen and oxygen atoms in total. The van der Waals surface area contributed by atoms with E-state index in [1.165, 1.54) is 5.57 Å². The van der Waals surface area contributed by atoms with E-state index in [4.69, 9.17) is 25.4 Å². The number of carboxylic acids is 2. The summed E-state index contributed by atoms with van der Waals surface area (Å²) in [4.78, 5) is 19.1. The number of fused-ring (bicyclic) bond motifs is 2. The summed E-state index contributed by atoms with van der Waals surface area (Å²) in [7, 11) is 3.34. The van der Waals surface area contributed by atoms with E-state index in [2.05, 4.69) is 17.3 Å². The van der Waals surface area contributed by atoms with Crippen LogP contribution in [0, 0.1) is 0 Å². The lowest BCUT2D eigenvalue weighted by Gasteiger charge is -2.13. The van der Waals surface area contributed by atoms with Crippen LogP contribution in [0.2, 0.25) is 0 Å². The van der Waals surface area contributed by atoms with Gasteiger partial charge < -0.3 is 25.4 Å². The van der Waals surface area contributed by atoms with Crippen molar-refractivity contribution < 1.29 is 29.3 Å². The smallest absolute Gasteiger partial charge is 0.328 e. The van der Waals surface area contributed by atoms with Gasteiger partial charge in [0.15, 0.2) is 0 Å². The first-order valence-electron chi connectivity index (χ1n) is 8.48. The summed E-state index contributed by atoms with van der Waals surface area (Å²) >= 11 is 0. The van der Waals surface area contributed by atoms with Crippen LogP contribution in [0.3, 0.4) is 0 Å². The molecule has 0 bridgehead atoms. The molecule has 0 spiro atoms. The molecule has 28 heavy (non-hydrogen) atoms. The van der Waals surface area contributed by atoms with Crippen LogP contribution >= 0.6 is 0 Å². The van der Waals surface area contributed by atoms with E-state index < -0.39 is 11.9 Å². The minimum atomic E-state index is -1.26. The molecule has 1 unspecified atom stereocenters. The van der Waals surface area contributed by atoms with Gasteiger partial charge in [-0.3, -0.25) is 4.68 Å². The van der Waals surface area contributed by atoms with Crippen molar-refractivity contribution in [3.8, 4) is 5.88 Å². The van der Waals surface area contributed by atoms with Crippen LogP contribution in [0.15, 0.2) is 35.6 Å². The molecule has 150 valence electrons. The van der Waals surface area contributed by atoms with Gasteiger partial charge in [0.1, 0.15) is 5.76 Å². The zero-order valence-corrected chi connectivity index (χ0v) is 15.9. The van der Waals surface area contributed by atoms with Crippen LogP contribution in [0.4, 0.5) is 0 Å². The Balaban J connectivity index is 0.000000300. The highest BCUT2D eigenvalue weighted by atomic mass is 16.5. The molecule has 0 aliphatic heterocycles. The van der Waals surface area contributed by atoms with Gasteiger partial charge in [-0.1, -0.05) is 6.08 Å². The third-order valence-corrected chi connectivity index (χ3v) is 3.97. The van der Waals surface area contributed by atoms with Crippen LogP contribution in [0.25, 0.3) is 11.6 Å². The molecule has 1 aromatic rings. The second-order valence-corrected chi connectivity index (χ2v) is 6.15. The fraction of sp³-hybridized carbons (Fsp3) is 0.316. The first-order valence-corrected chi connectivity index (χ1v) is 8.48. The maximum absolute atomic E-state index is 9.55. The van der Waals surface area contributed by atoms with Crippen LogP contribution in [0.5, 0.6) is 5.88 Å². The van der Waals surface area contributed by atoms with Crippen molar-refractivity contribution in [2.75, 3.05) is 14.2 Å². The fourth-order valence-corrected chi connectivity index (χ4v) is 2.92. The van der Waals surface area contributed by atoms with Crippen LogP contribution in [-0.4, -0.2) is 52.2 Å². The van der Waals surface area contributed by atoms with Crippen molar-refractivity contribution in [1.29, 1.82) is 0 Å². The predicted molar refractivity (Wildman–Crippen MR) is 102 cm³/mol. The summed E-state index contributed by atoms with van der Waals surface area (Å²) in [5.74, 6) is -0.968. The minimum Gasteiger partial charge on any atom is -0.496 e. The topological polar surface area (TPSA) is 137 Å². The normalized spacial score (nSPS) is 15.4. The second kappa shape index (κ2) is 9.05. The Labute approximate surface area is 161 Å². The molecular formula is C19H23N3O6. The van der Waals surface area contributed by atoms with Gasteiger partial charge in [0, 0.05) is 23.8 Å². The van der Waals surface area contributed by atoms with Gasteiger partial charge in [-0.05, 0) is 31.1 Å². The van der Waals surface area contributed by atoms with Gasteiger partial charge in [-0.25, -0.2) is 9.59 Å². The number of carbonyl (C=O) groups is 2. The molecule has 2 aliphatic rings. The third-order valence-electron chi connectivity index (χ3n) is 3.97. The van der Waals surface area contributed by atoms with E-state index in [0.717, 1.165) is 28.3 Å². The summed E-state index contributed by atoms with van der Waals surface area (Å²) in [6.45, 7) is 2.63. The Morgan fingerprint density at radius 1 is 1.29 bits per heavy atom. The number of carboxylic acid groups (broad SMARTS) is 2. The molecular weight excluding hydrogens is 366 g/mol. The Morgan fingerprint density at radius 2 is 1.93 bits per heavy atom. The average Bonchev–Trinajstić information content (AvgIpc) is 3.17. The van der Waals surface area contributed by atoms with Gasteiger partial charge in [-0.15, -0.1) is 5.10 Å². The van der Waals surface area contributed by atoms with E-state index >= 15 is 0 Å². The van der Waals surface area contributed by atoms with Crippen molar-refractivity contribution in [2.45, 2.75) is 25.9 Å². The molecule has 1 heterocycles.